The molecule has 0 radical (unpaired) electrons. The van der Waals surface area contributed by atoms with Crippen molar-refractivity contribution in [1.29, 1.82) is 0 Å². The summed E-state index contributed by atoms with van der Waals surface area (Å²) in [4.78, 5) is 2.35. The summed E-state index contributed by atoms with van der Waals surface area (Å²) in [7, 11) is 2.16. The minimum Gasteiger partial charge on any atom is -0.364 e. The first-order chi connectivity index (χ1) is 10.6. The number of nitrogens with one attached hydrogen (secondary N) is 1. The van der Waals surface area contributed by atoms with Gasteiger partial charge in [-0.1, -0.05) is 23.7 Å². The molecule has 1 aromatic heterocycles. The Morgan fingerprint density at radius 1 is 1.23 bits per heavy atom. The number of nitrogens with zero attached hydrogens (tertiary/aromatic N) is 3. The molecule has 4 nitrogen and oxygen atoms in total. The van der Waals surface area contributed by atoms with Gasteiger partial charge in [0.25, 0.3) is 0 Å². The quantitative estimate of drug-likeness (QED) is 0.939. The Labute approximate surface area is 136 Å². The average molecular weight is 317 g/mol. The third-order valence-corrected chi connectivity index (χ3v) is 4.34. The van der Waals surface area contributed by atoms with Gasteiger partial charge in [-0.3, -0.25) is 0 Å². The number of likely N-dealkylation sites (tertiary alicyclic amines) is 1. The van der Waals surface area contributed by atoms with Crippen LogP contribution in [0.5, 0.6) is 0 Å². The zero-order valence-electron chi connectivity index (χ0n) is 13.0. The number of halogens is 1. The lowest BCUT2D eigenvalue weighted by atomic mass is 10.1. The Kier molecular flexibility index (Phi) is 4.60. The lowest BCUT2D eigenvalue weighted by Crippen LogP contribution is -2.40. The number of rotatable bonds is 3. The average Bonchev–Trinajstić information content (AvgIpc) is 2.50. The van der Waals surface area contributed by atoms with E-state index in [1.165, 1.54) is 19.4 Å². The highest BCUT2D eigenvalue weighted by Crippen LogP contribution is 2.23. The number of likely N-dealkylation sites (N-methyl/N-ethyl adjacent to an activating group) is 1. The van der Waals surface area contributed by atoms with Crippen molar-refractivity contribution in [1.82, 2.24) is 15.1 Å². The van der Waals surface area contributed by atoms with Gasteiger partial charge in [0, 0.05) is 23.2 Å². The molecule has 0 aliphatic carbocycles. The summed E-state index contributed by atoms with van der Waals surface area (Å²) in [5.74, 6) is 0.887. The summed E-state index contributed by atoms with van der Waals surface area (Å²) in [6.07, 6.45) is 2.41. The van der Waals surface area contributed by atoms with Gasteiger partial charge >= 0.3 is 0 Å². The van der Waals surface area contributed by atoms with Crippen LogP contribution in [0.1, 0.15) is 18.4 Å². The number of hydrogen-bond acceptors (Lipinski definition) is 4. The van der Waals surface area contributed by atoms with Gasteiger partial charge in [0.1, 0.15) is 0 Å². The Morgan fingerprint density at radius 2 is 2.00 bits per heavy atom. The van der Waals surface area contributed by atoms with Crippen molar-refractivity contribution in [2.75, 3.05) is 25.5 Å². The van der Waals surface area contributed by atoms with Crippen LogP contribution in [-0.4, -0.2) is 41.3 Å². The molecule has 0 spiro atoms. The van der Waals surface area contributed by atoms with Crippen LogP contribution in [0.2, 0.25) is 5.02 Å². The molecule has 1 atom stereocenters. The molecule has 22 heavy (non-hydrogen) atoms. The first-order valence-electron chi connectivity index (χ1n) is 7.67. The molecule has 2 heterocycles. The maximum atomic E-state index is 5.93. The number of piperidine rings is 1. The van der Waals surface area contributed by atoms with Gasteiger partial charge in [-0.05, 0) is 57.1 Å². The van der Waals surface area contributed by atoms with Crippen molar-refractivity contribution in [3.63, 3.8) is 0 Å². The van der Waals surface area contributed by atoms with Crippen LogP contribution in [-0.2, 0) is 0 Å². The SMILES string of the molecule is Cc1cc(-c2ccc(Cl)cc2)nnc1N[C@@H]1CCCN(C)C1. The van der Waals surface area contributed by atoms with Gasteiger partial charge in [-0.25, -0.2) is 0 Å². The van der Waals surface area contributed by atoms with E-state index < -0.39 is 0 Å². The lowest BCUT2D eigenvalue weighted by molar-refractivity contribution is 0.260. The van der Waals surface area contributed by atoms with Crippen LogP contribution in [0, 0.1) is 6.92 Å². The topological polar surface area (TPSA) is 41.1 Å². The zero-order valence-corrected chi connectivity index (χ0v) is 13.8. The van der Waals surface area contributed by atoms with Crippen LogP contribution in [0.15, 0.2) is 30.3 Å². The number of hydrogen-bond donors (Lipinski definition) is 1. The van der Waals surface area contributed by atoms with Crippen LogP contribution in [0.3, 0.4) is 0 Å². The highest BCUT2D eigenvalue weighted by Gasteiger charge is 2.18. The molecule has 5 heteroatoms. The highest BCUT2D eigenvalue weighted by atomic mass is 35.5. The maximum absolute atomic E-state index is 5.93. The van der Waals surface area contributed by atoms with E-state index in [-0.39, 0.29) is 0 Å². The smallest absolute Gasteiger partial charge is 0.151 e. The van der Waals surface area contributed by atoms with E-state index in [0.29, 0.717) is 6.04 Å². The number of aromatic nitrogens is 2. The van der Waals surface area contributed by atoms with E-state index in [1.54, 1.807) is 0 Å². The molecule has 2 aromatic rings. The number of aryl methyl sites for hydroxylation is 1. The molecule has 1 aliphatic rings. The molecule has 116 valence electrons. The fraction of sp³-hybridized carbons (Fsp3) is 0.412. The Balaban J connectivity index is 1.76. The van der Waals surface area contributed by atoms with E-state index in [1.807, 2.05) is 24.3 Å². The summed E-state index contributed by atoms with van der Waals surface area (Å²) < 4.78 is 0. The van der Waals surface area contributed by atoms with Crippen molar-refractivity contribution in [3.05, 3.63) is 40.9 Å². The van der Waals surface area contributed by atoms with Gasteiger partial charge in [-0.2, -0.15) is 0 Å². The molecule has 0 bridgehead atoms. The molecular weight excluding hydrogens is 296 g/mol. The standard InChI is InChI=1S/C17H21ClN4/c1-12-10-16(13-5-7-14(18)8-6-13)20-21-17(12)19-15-4-3-9-22(2)11-15/h5-8,10,15H,3-4,9,11H2,1-2H3,(H,19,21)/t15-/m1/s1. The summed E-state index contributed by atoms with van der Waals surface area (Å²) >= 11 is 5.93. The van der Waals surface area contributed by atoms with Crippen molar-refractivity contribution in [3.8, 4) is 11.3 Å². The van der Waals surface area contributed by atoms with E-state index in [2.05, 4.69) is 40.5 Å². The molecular formula is C17H21ClN4. The number of anilines is 1. The van der Waals surface area contributed by atoms with Crippen molar-refractivity contribution >= 4 is 17.4 Å². The van der Waals surface area contributed by atoms with Crippen LogP contribution in [0.25, 0.3) is 11.3 Å². The first kappa shape index (κ1) is 15.3. The summed E-state index contributed by atoms with van der Waals surface area (Å²) in [5.41, 5.74) is 3.03. The van der Waals surface area contributed by atoms with Crippen LogP contribution in [0.4, 0.5) is 5.82 Å². The van der Waals surface area contributed by atoms with Gasteiger partial charge in [0.2, 0.25) is 0 Å². The van der Waals surface area contributed by atoms with Crippen molar-refractivity contribution in [2.45, 2.75) is 25.8 Å². The monoisotopic (exact) mass is 316 g/mol. The Morgan fingerprint density at radius 3 is 2.68 bits per heavy atom. The fourth-order valence-corrected chi connectivity index (χ4v) is 2.99. The lowest BCUT2D eigenvalue weighted by Gasteiger charge is -2.30. The molecule has 0 saturated carbocycles. The van der Waals surface area contributed by atoms with Crippen LogP contribution >= 0.6 is 11.6 Å². The second-order valence-corrected chi connectivity index (χ2v) is 6.45. The Bertz CT molecular complexity index is 642. The normalized spacial score (nSPS) is 19.1. The minimum atomic E-state index is 0.452. The summed E-state index contributed by atoms with van der Waals surface area (Å²) in [6.45, 7) is 4.31. The van der Waals surface area contributed by atoms with Crippen molar-refractivity contribution < 1.29 is 0 Å². The molecule has 1 fully saturated rings. The van der Waals surface area contributed by atoms with E-state index in [9.17, 15) is 0 Å². The molecule has 1 aliphatic heterocycles. The van der Waals surface area contributed by atoms with E-state index >= 15 is 0 Å². The van der Waals surface area contributed by atoms with Gasteiger partial charge in [0.05, 0.1) is 5.69 Å². The first-order valence-corrected chi connectivity index (χ1v) is 8.05. The zero-order chi connectivity index (χ0) is 15.5. The predicted molar refractivity (Wildman–Crippen MR) is 91.4 cm³/mol. The van der Waals surface area contributed by atoms with Crippen LogP contribution < -0.4 is 5.32 Å². The van der Waals surface area contributed by atoms with Gasteiger partial charge in [-0.15, -0.1) is 10.2 Å². The predicted octanol–water partition coefficient (Wildman–Crippen LogP) is 3.61. The van der Waals surface area contributed by atoms with Gasteiger partial charge < -0.3 is 10.2 Å². The largest absolute Gasteiger partial charge is 0.364 e. The highest BCUT2D eigenvalue weighted by molar-refractivity contribution is 6.30. The molecule has 1 aromatic carbocycles. The molecule has 3 rings (SSSR count). The minimum absolute atomic E-state index is 0.452. The Hall–Kier alpha value is -1.65. The van der Waals surface area contributed by atoms with Gasteiger partial charge in [0.15, 0.2) is 5.82 Å². The molecule has 1 N–H and O–H groups in total. The van der Waals surface area contributed by atoms with E-state index in [4.69, 9.17) is 11.6 Å². The third kappa shape index (κ3) is 3.57. The fourth-order valence-electron chi connectivity index (χ4n) is 2.87. The third-order valence-electron chi connectivity index (χ3n) is 4.09. The van der Waals surface area contributed by atoms with Crippen molar-refractivity contribution in [2.24, 2.45) is 0 Å². The number of benzene rings is 1. The molecule has 0 unspecified atom stereocenters. The molecule has 0 amide bonds. The maximum Gasteiger partial charge on any atom is 0.151 e. The summed E-state index contributed by atoms with van der Waals surface area (Å²) in [6, 6.07) is 10.2. The second kappa shape index (κ2) is 6.63. The van der Waals surface area contributed by atoms with E-state index in [0.717, 1.165) is 34.2 Å². The molecule has 1 saturated heterocycles. The second-order valence-electron chi connectivity index (χ2n) is 6.01. The summed E-state index contributed by atoms with van der Waals surface area (Å²) in [5, 5.41) is 13.0.